The van der Waals surface area contributed by atoms with Crippen LogP contribution in [-0.4, -0.2) is 57.8 Å². The van der Waals surface area contributed by atoms with E-state index in [1.54, 1.807) is 0 Å². The number of rotatable bonds is 11. The number of aliphatic carboxylic acids is 2. The molecule has 1 aromatic rings. The topological polar surface area (TPSA) is 159 Å². The van der Waals surface area contributed by atoms with E-state index < -0.39 is 48.3 Å². The number of amides is 2. The Balaban J connectivity index is 2.64. The van der Waals surface area contributed by atoms with Crippen LogP contribution in [0, 0.1) is 0 Å². The van der Waals surface area contributed by atoms with Crippen molar-refractivity contribution in [2.45, 2.75) is 37.4 Å². The molecular formula is C17H23N3O6S. The third-order valence-electron chi connectivity index (χ3n) is 3.71. The Kier molecular flexibility index (Phi) is 9.31. The van der Waals surface area contributed by atoms with Gasteiger partial charge in [0.2, 0.25) is 11.8 Å². The van der Waals surface area contributed by atoms with Crippen molar-refractivity contribution in [3.8, 4) is 0 Å². The number of carbonyl (C=O) groups excluding carboxylic acids is 2. The van der Waals surface area contributed by atoms with E-state index in [9.17, 15) is 19.2 Å². The van der Waals surface area contributed by atoms with Gasteiger partial charge >= 0.3 is 11.9 Å². The molecule has 2 amide bonds. The van der Waals surface area contributed by atoms with Crippen molar-refractivity contribution in [1.29, 1.82) is 0 Å². The average Bonchev–Trinajstić information content (AvgIpc) is 2.62. The molecule has 10 heteroatoms. The Morgan fingerprint density at radius 1 is 1.00 bits per heavy atom. The molecule has 0 unspecified atom stereocenters. The third kappa shape index (κ3) is 8.09. The van der Waals surface area contributed by atoms with Crippen LogP contribution in [0.3, 0.4) is 0 Å². The first-order chi connectivity index (χ1) is 12.7. The van der Waals surface area contributed by atoms with Crippen LogP contribution >= 0.6 is 12.6 Å². The van der Waals surface area contributed by atoms with Gasteiger partial charge in [-0.3, -0.25) is 14.4 Å². The number of hydrogen-bond acceptors (Lipinski definition) is 6. The smallest absolute Gasteiger partial charge is 0.326 e. The second-order valence-corrected chi connectivity index (χ2v) is 6.24. The fraction of sp³-hybridized carbons (Fsp3) is 0.412. The largest absolute Gasteiger partial charge is 0.481 e. The lowest BCUT2D eigenvalue weighted by molar-refractivity contribution is -0.143. The second kappa shape index (κ2) is 11.2. The van der Waals surface area contributed by atoms with E-state index in [4.69, 9.17) is 15.9 Å². The molecule has 0 spiro atoms. The molecule has 0 bridgehead atoms. The lowest BCUT2D eigenvalue weighted by Crippen LogP contribution is -2.55. The maximum atomic E-state index is 12.2. The summed E-state index contributed by atoms with van der Waals surface area (Å²) in [6, 6.07) is 5.70. The Labute approximate surface area is 161 Å². The maximum Gasteiger partial charge on any atom is 0.326 e. The highest BCUT2D eigenvalue weighted by atomic mass is 32.1. The molecular weight excluding hydrogens is 374 g/mol. The number of benzene rings is 1. The van der Waals surface area contributed by atoms with Crippen LogP contribution in [0.5, 0.6) is 0 Å². The normalized spacial score (nSPS) is 13.9. The summed E-state index contributed by atoms with van der Waals surface area (Å²) in [7, 11) is 0. The summed E-state index contributed by atoms with van der Waals surface area (Å²) in [6.07, 6.45) is -0.432. The molecule has 0 saturated carbocycles. The van der Waals surface area contributed by atoms with Crippen molar-refractivity contribution in [2.24, 2.45) is 5.73 Å². The molecule has 27 heavy (non-hydrogen) atoms. The van der Waals surface area contributed by atoms with Crippen LogP contribution in [0.15, 0.2) is 30.3 Å². The summed E-state index contributed by atoms with van der Waals surface area (Å²) in [5, 5.41) is 22.4. The Bertz CT molecular complexity index is 670. The van der Waals surface area contributed by atoms with Gasteiger partial charge in [0.1, 0.15) is 12.1 Å². The number of carbonyl (C=O) groups is 4. The molecule has 9 nitrogen and oxygen atoms in total. The van der Waals surface area contributed by atoms with Crippen LogP contribution in [0.4, 0.5) is 0 Å². The molecule has 0 aliphatic rings. The van der Waals surface area contributed by atoms with Crippen LogP contribution in [0.1, 0.15) is 18.4 Å². The standard InChI is InChI=1S/C17H23N3O6S/c18-11(8-10-4-2-1-3-5-10)15(23)20-13(9-27)16(24)19-12(17(25)26)6-7-14(21)22/h1-5,11-13,27H,6-9,18H2,(H,19,24)(H,20,23)(H,21,22)(H,25,26)/t11-,12-,13-/m0/s1. The van der Waals surface area contributed by atoms with E-state index in [0.717, 1.165) is 5.56 Å². The molecule has 1 aromatic carbocycles. The Morgan fingerprint density at radius 3 is 2.11 bits per heavy atom. The predicted molar refractivity (Wildman–Crippen MR) is 100 cm³/mol. The van der Waals surface area contributed by atoms with Gasteiger partial charge in [0, 0.05) is 12.2 Å². The molecule has 0 aliphatic carbocycles. The van der Waals surface area contributed by atoms with E-state index in [1.807, 2.05) is 30.3 Å². The number of nitrogens with one attached hydrogen (secondary N) is 2. The lowest BCUT2D eigenvalue weighted by Gasteiger charge is -2.21. The summed E-state index contributed by atoms with van der Waals surface area (Å²) in [6.45, 7) is 0. The number of carboxylic acids is 2. The van der Waals surface area contributed by atoms with Crippen LogP contribution in [-0.2, 0) is 25.6 Å². The van der Waals surface area contributed by atoms with Crippen molar-refractivity contribution in [2.75, 3.05) is 5.75 Å². The Morgan fingerprint density at radius 2 is 1.59 bits per heavy atom. The van der Waals surface area contributed by atoms with E-state index in [2.05, 4.69) is 23.3 Å². The number of nitrogens with two attached hydrogens (primary N) is 1. The zero-order valence-corrected chi connectivity index (χ0v) is 15.4. The van der Waals surface area contributed by atoms with Crippen LogP contribution in [0.25, 0.3) is 0 Å². The first-order valence-corrected chi connectivity index (χ1v) is 8.83. The molecule has 1 rings (SSSR count). The lowest BCUT2D eigenvalue weighted by atomic mass is 10.1. The van der Waals surface area contributed by atoms with Crippen molar-refractivity contribution in [1.82, 2.24) is 10.6 Å². The first kappa shape index (κ1) is 22.5. The quantitative estimate of drug-likeness (QED) is 0.272. The number of thiol groups is 1. The molecule has 0 aromatic heterocycles. The average molecular weight is 397 g/mol. The maximum absolute atomic E-state index is 12.2. The van der Waals surface area contributed by atoms with Gasteiger partial charge in [0.15, 0.2) is 0 Å². The van der Waals surface area contributed by atoms with Gasteiger partial charge in [0.25, 0.3) is 0 Å². The fourth-order valence-electron chi connectivity index (χ4n) is 2.23. The predicted octanol–water partition coefficient (Wildman–Crippen LogP) is -0.595. The zero-order valence-electron chi connectivity index (χ0n) is 14.5. The molecule has 0 fully saturated rings. The minimum absolute atomic E-state index is 0.0824. The van der Waals surface area contributed by atoms with Crippen molar-refractivity contribution < 1.29 is 29.4 Å². The highest BCUT2D eigenvalue weighted by molar-refractivity contribution is 7.80. The molecule has 6 N–H and O–H groups in total. The summed E-state index contributed by atoms with van der Waals surface area (Å²) in [5.74, 6) is -3.98. The second-order valence-electron chi connectivity index (χ2n) is 5.87. The van der Waals surface area contributed by atoms with E-state index >= 15 is 0 Å². The van der Waals surface area contributed by atoms with Crippen molar-refractivity contribution in [3.05, 3.63) is 35.9 Å². The molecule has 3 atom stereocenters. The minimum atomic E-state index is -1.38. The molecule has 0 radical (unpaired) electrons. The van der Waals surface area contributed by atoms with E-state index in [0.29, 0.717) is 0 Å². The SMILES string of the molecule is N[C@@H](Cc1ccccc1)C(=O)N[C@@H](CS)C(=O)N[C@@H](CCC(=O)O)C(=O)O. The van der Waals surface area contributed by atoms with Crippen LogP contribution in [0.2, 0.25) is 0 Å². The third-order valence-corrected chi connectivity index (χ3v) is 4.08. The van der Waals surface area contributed by atoms with Gasteiger partial charge in [-0.25, -0.2) is 4.79 Å². The molecule has 0 saturated heterocycles. The Hall–Kier alpha value is -2.59. The van der Waals surface area contributed by atoms with E-state index in [1.165, 1.54) is 0 Å². The zero-order chi connectivity index (χ0) is 20.4. The van der Waals surface area contributed by atoms with Crippen molar-refractivity contribution >= 4 is 36.4 Å². The monoisotopic (exact) mass is 397 g/mol. The van der Waals surface area contributed by atoms with E-state index in [-0.39, 0.29) is 18.6 Å². The molecule has 0 heterocycles. The molecule has 148 valence electrons. The summed E-state index contributed by atoms with van der Waals surface area (Å²) >= 11 is 4.00. The highest BCUT2D eigenvalue weighted by Gasteiger charge is 2.27. The number of carboxylic acid groups (broad SMARTS) is 2. The van der Waals surface area contributed by atoms with Gasteiger partial charge in [-0.15, -0.1) is 0 Å². The van der Waals surface area contributed by atoms with Gasteiger partial charge < -0.3 is 26.6 Å². The highest BCUT2D eigenvalue weighted by Crippen LogP contribution is 2.03. The first-order valence-electron chi connectivity index (χ1n) is 8.20. The minimum Gasteiger partial charge on any atom is -0.481 e. The number of hydrogen-bond donors (Lipinski definition) is 6. The van der Waals surface area contributed by atoms with Crippen molar-refractivity contribution in [3.63, 3.8) is 0 Å². The summed E-state index contributed by atoms with van der Waals surface area (Å²) < 4.78 is 0. The van der Waals surface area contributed by atoms with Gasteiger partial charge in [-0.2, -0.15) is 12.6 Å². The summed E-state index contributed by atoms with van der Waals surface area (Å²) in [5.41, 5.74) is 6.71. The summed E-state index contributed by atoms with van der Waals surface area (Å²) in [4.78, 5) is 46.2. The van der Waals surface area contributed by atoms with Crippen LogP contribution < -0.4 is 16.4 Å². The molecule has 0 aliphatic heterocycles. The van der Waals surface area contributed by atoms with Gasteiger partial charge in [-0.1, -0.05) is 30.3 Å². The van der Waals surface area contributed by atoms with Gasteiger partial charge in [-0.05, 0) is 18.4 Å². The van der Waals surface area contributed by atoms with Gasteiger partial charge in [0.05, 0.1) is 6.04 Å². The fourth-order valence-corrected chi connectivity index (χ4v) is 2.49.